The summed E-state index contributed by atoms with van der Waals surface area (Å²) >= 11 is 0. The van der Waals surface area contributed by atoms with Crippen molar-refractivity contribution in [2.24, 2.45) is 5.16 Å². The summed E-state index contributed by atoms with van der Waals surface area (Å²) in [5.74, 6) is -0.334. The van der Waals surface area contributed by atoms with Gasteiger partial charge < -0.3 is 9.94 Å². The average molecular weight is 241 g/mol. The molecule has 0 spiro atoms. The van der Waals surface area contributed by atoms with Crippen LogP contribution in [-0.4, -0.2) is 17.3 Å². The van der Waals surface area contributed by atoms with E-state index in [1.807, 2.05) is 6.07 Å². The van der Waals surface area contributed by atoms with Gasteiger partial charge in [0.15, 0.2) is 0 Å². The summed E-state index contributed by atoms with van der Waals surface area (Å²) in [7, 11) is 0. The van der Waals surface area contributed by atoms with Crippen LogP contribution in [0.3, 0.4) is 0 Å². The SMILES string of the molecule is O=C(O/N=C/c1ccc(O)cc1)c1ccccc1. The molecule has 4 heteroatoms. The Hall–Kier alpha value is -2.62. The predicted octanol–water partition coefficient (Wildman–Crippen LogP) is 2.58. The first-order valence-electron chi connectivity index (χ1n) is 5.34. The number of phenolic OH excluding ortho intramolecular Hbond substituents is 1. The van der Waals surface area contributed by atoms with Gasteiger partial charge in [0.2, 0.25) is 0 Å². The molecule has 90 valence electrons. The van der Waals surface area contributed by atoms with Crippen LogP contribution >= 0.6 is 0 Å². The summed E-state index contributed by atoms with van der Waals surface area (Å²) in [4.78, 5) is 16.2. The van der Waals surface area contributed by atoms with Gasteiger partial charge in [0.1, 0.15) is 5.75 Å². The Morgan fingerprint density at radius 3 is 2.39 bits per heavy atom. The molecule has 0 aliphatic heterocycles. The molecule has 0 aliphatic rings. The maximum Gasteiger partial charge on any atom is 0.365 e. The summed E-state index contributed by atoms with van der Waals surface area (Å²) in [5, 5.41) is 12.7. The molecule has 2 rings (SSSR count). The van der Waals surface area contributed by atoms with E-state index in [1.54, 1.807) is 36.4 Å². The third kappa shape index (κ3) is 3.18. The van der Waals surface area contributed by atoms with Gasteiger partial charge in [0, 0.05) is 0 Å². The molecule has 2 aromatic rings. The number of rotatable bonds is 3. The molecule has 0 atom stereocenters. The highest BCUT2D eigenvalue weighted by Gasteiger charge is 2.04. The van der Waals surface area contributed by atoms with Gasteiger partial charge in [-0.25, -0.2) is 4.79 Å². The summed E-state index contributed by atoms with van der Waals surface area (Å²) < 4.78 is 0. The molecule has 1 N–H and O–H groups in total. The Balaban J connectivity index is 1.96. The predicted molar refractivity (Wildman–Crippen MR) is 67.6 cm³/mol. The Morgan fingerprint density at radius 2 is 1.72 bits per heavy atom. The van der Waals surface area contributed by atoms with E-state index in [0.717, 1.165) is 5.56 Å². The zero-order valence-electron chi connectivity index (χ0n) is 9.48. The zero-order chi connectivity index (χ0) is 12.8. The molecule has 0 saturated carbocycles. The largest absolute Gasteiger partial charge is 0.508 e. The zero-order valence-corrected chi connectivity index (χ0v) is 9.48. The lowest BCUT2D eigenvalue weighted by atomic mass is 10.2. The van der Waals surface area contributed by atoms with Crippen LogP contribution in [0.15, 0.2) is 59.8 Å². The van der Waals surface area contributed by atoms with Gasteiger partial charge in [0.05, 0.1) is 11.8 Å². The fraction of sp³-hybridized carbons (Fsp3) is 0. The number of benzene rings is 2. The highest BCUT2D eigenvalue weighted by atomic mass is 16.7. The number of hydrogen-bond acceptors (Lipinski definition) is 4. The molecule has 0 aliphatic carbocycles. The Kier molecular flexibility index (Phi) is 3.71. The molecular weight excluding hydrogens is 230 g/mol. The van der Waals surface area contributed by atoms with E-state index in [0.29, 0.717) is 5.56 Å². The third-order valence-corrected chi connectivity index (χ3v) is 2.24. The minimum Gasteiger partial charge on any atom is -0.508 e. The minimum atomic E-state index is -0.509. The third-order valence-electron chi connectivity index (χ3n) is 2.24. The molecule has 4 nitrogen and oxygen atoms in total. The van der Waals surface area contributed by atoms with Crippen molar-refractivity contribution in [2.75, 3.05) is 0 Å². The van der Waals surface area contributed by atoms with Crippen LogP contribution in [0, 0.1) is 0 Å². The maximum absolute atomic E-state index is 11.5. The first-order chi connectivity index (χ1) is 8.75. The van der Waals surface area contributed by atoms with E-state index < -0.39 is 5.97 Å². The highest BCUT2D eigenvalue weighted by molar-refractivity contribution is 5.90. The van der Waals surface area contributed by atoms with Crippen LogP contribution in [-0.2, 0) is 4.84 Å². The first-order valence-corrected chi connectivity index (χ1v) is 5.34. The van der Waals surface area contributed by atoms with E-state index in [9.17, 15) is 4.79 Å². The van der Waals surface area contributed by atoms with Gasteiger partial charge in [-0.3, -0.25) is 0 Å². The minimum absolute atomic E-state index is 0.174. The van der Waals surface area contributed by atoms with E-state index in [1.165, 1.54) is 18.3 Å². The quantitative estimate of drug-likeness (QED) is 0.510. The summed E-state index contributed by atoms with van der Waals surface area (Å²) in [6.45, 7) is 0. The van der Waals surface area contributed by atoms with Crippen LogP contribution in [0.4, 0.5) is 0 Å². The maximum atomic E-state index is 11.5. The van der Waals surface area contributed by atoms with E-state index in [2.05, 4.69) is 5.16 Å². The standard InChI is InChI=1S/C14H11NO3/c16-13-8-6-11(7-9-13)10-15-18-14(17)12-4-2-1-3-5-12/h1-10,16H/b15-10+. The summed E-state index contributed by atoms with van der Waals surface area (Å²) in [6.07, 6.45) is 1.40. The second kappa shape index (κ2) is 5.63. The van der Waals surface area contributed by atoms with Gasteiger partial charge in [0.25, 0.3) is 0 Å². The lowest BCUT2D eigenvalue weighted by Gasteiger charge is -1.97. The monoisotopic (exact) mass is 241 g/mol. The number of carbonyl (C=O) groups excluding carboxylic acids is 1. The van der Waals surface area contributed by atoms with E-state index in [-0.39, 0.29) is 5.75 Å². The lowest BCUT2D eigenvalue weighted by Crippen LogP contribution is -2.00. The van der Waals surface area contributed by atoms with Gasteiger partial charge in [-0.1, -0.05) is 23.4 Å². The molecule has 0 amide bonds. The number of carbonyl (C=O) groups is 1. The second-order valence-electron chi connectivity index (χ2n) is 3.57. The summed E-state index contributed by atoms with van der Waals surface area (Å²) in [5.41, 5.74) is 1.18. The van der Waals surface area contributed by atoms with Crippen molar-refractivity contribution in [1.29, 1.82) is 0 Å². The Bertz CT molecular complexity index is 547. The van der Waals surface area contributed by atoms with Crippen molar-refractivity contribution < 1.29 is 14.7 Å². The number of hydrogen-bond donors (Lipinski definition) is 1. The Labute approximate surface area is 104 Å². The number of nitrogens with zero attached hydrogens (tertiary/aromatic N) is 1. The van der Waals surface area contributed by atoms with Crippen molar-refractivity contribution in [3.63, 3.8) is 0 Å². The number of aromatic hydroxyl groups is 1. The first kappa shape index (κ1) is 11.9. The summed E-state index contributed by atoms with van der Waals surface area (Å²) in [6, 6.07) is 15.0. The average Bonchev–Trinajstić information content (AvgIpc) is 2.42. The molecule has 0 saturated heterocycles. The normalized spacial score (nSPS) is 10.4. The smallest absolute Gasteiger partial charge is 0.365 e. The highest BCUT2D eigenvalue weighted by Crippen LogP contribution is 2.08. The van der Waals surface area contributed by atoms with Gasteiger partial charge in [-0.2, -0.15) is 0 Å². The molecule has 0 heterocycles. The van der Waals surface area contributed by atoms with Crippen LogP contribution in [0.5, 0.6) is 5.75 Å². The number of phenols is 1. The molecule has 0 unspecified atom stereocenters. The van der Waals surface area contributed by atoms with Crippen molar-refractivity contribution in [2.45, 2.75) is 0 Å². The van der Waals surface area contributed by atoms with Gasteiger partial charge in [-0.05, 0) is 42.0 Å². The van der Waals surface area contributed by atoms with Crippen LogP contribution in [0.1, 0.15) is 15.9 Å². The van der Waals surface area contributed by atoms with Crippen LogP contribution < -0.4 is 0 Å². The van der Waals surface area contributed by atoms with Crippen LogP contribution in [0.25, 0.3) is 0 Å². The molecule has 2 aromatic carbocycles. The van der Waals surface area contributed by atoms with Crippen molar-refractivity contribution in [1.82, 2.24) is 0 Å². The fourth-order valence-corrected chi connectivity index (χ4v) is 1.32. The molecule has 0 radical (unpaired) electrons. The van der Waals surface area contributed by atoms with Gasteiger partial charge in [-0.15, -0.1) is 0 Å². The molecular formula is C14H11NO3. The van der Waals surface area contributed by atoms with Crippen molar-refractivity contribution >= 4 is 12.2 Å². The van der Waals surface area contributed by atoms with Crippen LogP contribution in [0.2, 0.25) is 0 Å². The van der Waals surface area contributed by atoms with Crippen molar-refractivity contribution in [3.05, 3.63) is 65.7 Å². The van der Waals surface area contributed by atoms with E-state index >= 15 is 0 Å². The molecule has 0 aromatic heterocycles. The van der Waals surface area contributed by atoms with Gasteiger partial charge >= 0.3 is 5.97 Å². The lowest BCUT2D eigenvalue weighted by molar-refractivity contribution is 0.0519. The molecule has 0 bridgehead atoms. The molecule has 0 fully saturated rings. The van der Waals surface area contributed by atoms with Crippen molar-refractivity contribution in [3.8, 4) is 5.75 Å². The Morgan fingerprint density at radius 1 is 1.06 bits per heavy atom. The number of oxime groups is 1. The fourth-order valence-electron chi connectivity index (χ4n) is 1.32. The second-order valence-corrected chi connectivity index (χ2v) is 3.57. The molecule has 18 heavy (non-hydrogen) atoms. The van der Waals surface area contributed by atoms with E-state index in [4.69, 9.17) is 9.94 Å². The topological polar surface area (TPSA) is 58.9 Å².